The Morgan fingerprint density at radius 1 is 1.23 bits per heavy atom. The Kier molecular flexibility index (Phi) is 5.32. The Hall–Kier alpha value is -2.34. The number of benzene rings is 1. The van der Waals surface area contributed by atoms with E-state index >= 15 is 0 Å². The number of nitrogens with zero attached hydrogens (tertiary/aromatic N) is 2. The van der Waals surface area contributed by atoms with Crippen LogP contribution in [0.2, 0.25) is 5.02 Å². The first-order valence-corrected chi connectivity index (χ1v) is 9.13. The van der Waals surface area contributed by atoms with Gasteiger partial charge in [-0.15, -0.1) is 0 Å². The average Bonchev–Trinajstić information content (AvgIpc) is 3.02. The van der Waals surface area contributed by atoms with Crippen molar-refractivity contribution in [3.8, 4) is 5.69 Å². The van der Waals surface area contributed by atoms with E-state index in [0.717, 1.165) is 24.9 Å². The molecule has 0 spiro atoms. The summed E-state index contributed by atoms with van der Waals surface area (Å²) in [5.74, 6) is -1.13. The second-order valence-electron chi connectivity index (χ2n) is 6.86. The number of halogens is 1. The molecule has 0 aliphatic heterocycles. The minimum atomic E-state index is -0.853. The van der Waals surface area contributed by atoms with Crippen LogP contribution >= 0.6 is 11.6 Å². The van der Waals surface area contributed by atoms with Crippen LogP contribution in [0.15, 0.2) is 30.5 Å². The number of hydrogen-bond donors (Lipinski definition) is 2. The molecule has 1 amide bonds. The summed E-state index contributed by atoms with van der Waals surface area (Å²) >= 11 is 5.91. The highest BCUT2D eigenvalue weighted by atomic mass is 35.5. The summed E-state index contributed by atoms with van der Waals surface area (Å²) in [6, 6.07) is 7.17. The lowest BCUT2D eigenvalue weighted by Crippen LogP contribution is -2.44. The number of carboxylic acids is 1. The van der Waals surface area contributed by atoms with Crippen LogP contribution in [-0.2, 0) is 4.79 Å². The molecule has 1 aromatic heterocycles. The first kappa shape index (κ1) is 18.5. The van der Waals surface area contributed by atoms with E-state index in [2.05, 4.69) is 10.4 Å². The highest BCUT2D eigenvalue weighted by Crippen LogP contribution is 2.36. The quantitative estimate of drug-likeness (QED) is 0.836. The summed E-state index contributed by atoms with van der Waals surface area (Å²) in [6.45, 7) is 1.96. The molecule has 7 heteroatoms. The van der Waals surface area contributed by atoms with Crippen molar-refractivity contribution in [1.82, 2.24) is 15.1 Å². The van der Waals surface area contributed by atoms with Gasteiger partial charge >= 0.3 is 5.97 Å². The summed E-state index contributed by atoms with van der Waals surface area (Å²) in [5.41, 5.74) is 1.09. The fourth-order valence-corrected chi connectivity index (χ4v) is 3.64. The molecular weight excluding hydrogens is 354 g/mol. The van der Waals surface area contributed by atoms with Gasteiger partial charge in [-0.1, -0.05) is 30.9 Å². The third kappa shape index (κ3) is 3.60. The summed E-state index contributed by atoms with van der Waals surface area (Å²) in [4.78, 5) is 24.3. The van der Waals surface area contributed by atoms with Crippen molar-refractivity contribution in [3.05, 3.63) is 46.7 Å². The van der Waals surface area contributed by atoms with Crippen molar-refractivity contribution in [3.63, 3.8) is 0 Å². The molecule has 0 radical (unpaired) electrons. The van der Waals surface area contributed by atoms with E-state index in [9.17, 15) is 14.7 Å². The molecule has 1 heterocycles. The number of carbonyl (C=O) groups excluding carboxylic acids is 1. The van der Waals surface area contributed by atoms with E-state index in [1.807, 2.05) is 19.1 Å². The van der Waals surface area contributed by atoms with Gasteiger partial charge in [0.2, 0.25) is 0 Å². The molecule has 1 fully saturated rings. The van der Waals surface area contributed by atoms with E-state index in [1.165, 1.54) is 6.20 Å². The van der Waals surface area contributed by atoms with Crippen LogP contribution < -0.4 is 5.32 Å². The number of carboxylic acid groups (broad SMARTS) is 1. The second-order valence-corrected chi connectivity index (χ2v) is 7.30. The Morgan fingerprint density at radius 3 is 2.50 bits per heavy atom. The van der Waals surface area contributed by atoms with Crippen LogP contribution in [0.5, 0.6) is 0 Å². The van der Waals surface area contributed by atoms with Crippen LogP contribution in [-0.4, -0.2) is 33.3 Å². The summed E-state index contributed by atoms with van der Waals surface area (Å²) in [5, 5.41) is 17.3. The van der Waals surface area contributed by atoms with Crippen LogP contribution in [0.3, 0.4) is 0 Å². The lowest BCUT2D eigenvalue weighted by atomic mass is 9.74. The first-order valence-electron chi connectivity index (χ1n) is 8.75. The van der Waals surface area contributed by atoms with Crippen molar-refractivity contribution in [2.75, 3.05) is 6.54 Å². The van der Waals surface area contributed by atoms with E-state index in [1.54, 1.807) is 16.8 Å². The highest BCUT2D eigenvalue weighted by molar-refractivity contribution is 6.30. The zero-order valence-electron chi connectivity index (χ0n) is 14.7. The fourth-order valence-electron chi connectivity index (χ4n) is 3.51. The van der Waals surface area contributed by atoms with Crippen molar-refractivity contribution < 1.29 is 14.7 Å². The van der Waals surface area contributed by atoms with Gasteiger partial charge < -0.3 is 10.4 Å². The van der Waals surface area contributed by atoms with Crippen LogP contribution in [0.25, 0.3) is 5.69 Å². The number of hydrogen-bond acceptors (Lipinski definition) is 3. The molecule has 1 saturated carbocycles. The smallest absolute Gasteiger partial charge is 0.311 e. The Balaban J connectivity index is 1.74. The molecular formula is C19H22ClN3O3. The zero-order chi connectivity index (χ0) is 18.7. The molecule has 3 rings (SSSR count). The monoisotopic (exact) mass is 375 g/mol. The molecule has 138 valence electrons. The molecule has 1 aliphatic carbocycles. The first-order chi connectivity index (χ1) is 12.4. The zero-order valence-corrected chi connectivity index (χ0v) is 15.4. The number of nitrogens with one attached hydrogen (secondary N) is 1. The Labute approximate surface area is 157 Å². The summed E-state index contributed by atoms with van der Waals surface area (Å²) in [6.07, 6.45) is 5.53. The molecule has 0 atom stereocenters. The van der Waals surface area contributed by atoms with Gasteiger partial charge in [-0.2, -0.15) is 5.10 Å². The Bertz CT molecular complexity index is 808. The van der Waals surface area contributed by atoms with Crippen LogP contribution in [0, 0.1) is 12.3 Å². The van der Waals surface area contributed by atoms with Gasteiger partial charge in [0.1, 0.15) is 0 Å². The van der Waals surface area contributed by atoms with Crippen LogP contribution in [0.4, 0.5) is 0 Å². The molecule has 6 nitrogen and oxygen atoms in total. The molecule has 26 heavy (non-hydrogen) atoms. The molecule has 2 N–H and O–H groups in total. The average molecular weight is 376 g/mol. The topological polar surface area (TPSA) is 84.2 Å². The third-order valence-electron chi connectivity index (χ3n) is 5.18. The summed E-state index contributed by atoms with van der Waals surface area (Å²) in [7, 11) is 0. The minimum absolute atomic E-state index is 0.146. The number of aromatic nitrogens is 2. The van der Waals surface area contributed by atoms with E-state index in [0.29, 0.717) is 29.1 Å². The normalized spacial score (nSPS) is 16.2. The van der Waals surface area contributed by atoms with Crippen LogP contribution in [0.1, 0.15) is 48.2 Å². The maximum atomic E-state index is 12.6. The number of rotatable bonds is 5. The fraction of sp³-hybridized carbons (Fsp3) is 0.421. The predicted octanol–water partition coefficient (Wildman–Crippen LogP) is 3.60. The van der Waals surface area contributed by atoms with E-state index in [-0.39, 0.29) is 12.5 Å². The van der Waals surface area contributed by atoms with Gasteiger partial charge in [-0.25, -0.2) is 4.68 Å². The number of carbonyl (C=O) groups is 2. The van der Waals surface area contributed by atoms with Gasteiger partial charge in [0.15, 0.2) is 0 Å². The van der Waals surface area contributed by atoms with E-state index < -0.39 is 11.4 Å². The maximum absolute atomic E-state index is 12.6. The molecule has 0 saturated heterocycles. The molecule has 1 aliphatic rings. The van der Waals surface area contributed by atoms with E-state index in [4.69, 9.17) is 11.6 Å². The predicted molar refractivity (Wildman–Crippen MR) is 98.8 cm³/mol. The van der Waals surface area contributed by atoms with Gasteiger partial charge in [-0.3, -0.25) is 9.59 Å². The number of aliphatic carboxylic acids is 1. The lowest BCUT2D eigenvalue weighted by molar-refractivity contribution is -0.150. The van der Waals surface area contributed by atoms with Gasteiger partial charge in [0.25, 0.3) is 5.91 Å². The summed E-state index contributed by atoms with van der Waals surface area (Å²) < 4.78 is 1.67. The maximum Gasteiger partial charge on any atom is 0.311 e. The Morgan fingerprint density at radius 2 is 1.88 bits per heavy atom. The minimum Gasteiger partial charge on any atom is -0.481 e. The van der Waals surface area contributed by atoms with Crippen molar-refractivity contribution in [2.45, 2.75) is 39.0 Å². The molecule has 2 aromatic rings. The molecule has 0 unspecified atom stereocenters. The second kappa shape index (κ2) is 7.50. The highest BCUT2D eigenvalue weighted by Gasteiger charge is 2.40. The van der Waals surface area contributed by atoms with Crippen molar-refractivity contribution in [2.24, 2.45) is 5.41 Å². The molecule has 0 bridgehead atoms. The largest absolute Gasteiger partial charge is 0.481 e. The van der Waals surface area contributed by atoms with Crippen molar-refractivity contribution in [1.29, 1.82) is 0 Å². The SMILES string of the molecule is Cc1c(C(=O)NCC2(C(=O)O)CCCCC2)cnn1-c1ccc(Cl)cc1. The standard InChI is InChI=1S/C19H22ClN3O3/c1-13-16(11-22-23(13)15-7-5-14(20)6-8-15)17(24)21-12-19(18(25)26)9-3-2-4-10-19/h5-8,11H,2-4,9-10,12H2,1H3,(H,21,24)(H,25,26). The van der Waals surface area contributed by atoms with Gasteiger partial charge in [0, 0.05) is 11.6 Å². The molecule has 1 aromatic carbocycles. The van der Waals surface area contributed by atoms with Gasteiger partial charge in [0.05, 0.1) is 28.6 Å². The number of amides is 1. The third-order valence-corrected chi connectivity index (χ3v) is 5.43. The van der Waals surface area contributed by atoms with Crippen molar-refractivity contribution >= 4 is 23.5 Å². The lowest BCUT2D eigenvalue weighted by Gasteiger charge is -2.33. The van der Waals surface area contributed by atoms with Gasteiger partial charge in [-0.05, 0) is 44.0 Å².